The number of fused-ring (bicyclic) bond motifs is 1. The number of nitrogens with zero attached hydrogens (tertiary/aromatic N) is 2. The summed E-state index contributed by atoms with van der Waals surface area (Å²) in [7, 11) is 0. The highest BCUT2D eigenvalue weighted by atomic mass is 15.1. The van der Waals surface area contributed by atoms with Gasteiger partial charge in [0.25, 0.3) is 0 Å². The lowest BCUT2D eigenvalue weighted by Gasteiger charge is -2.20. The largest absolute Gasteiger partial charge is 0.354 e. The highest BCUT2D eigenvalue weighted by Gasteiger charge is 2.18. The molecule has 0 spiro atoms. The third-order valence-corrected chi connectivity index (χ3v) is 5.81. The molecule has 3 nitrogen and oxygen atoms in total. The molecule has 2 heterocycles. The van der Waals surface area contributed by atoms with Crippen molar-refractivity contribution in [3.63, 3.8) is 0 Å². The van der Waals surface area contributed by atoms with E-state index in [-0.39, 0.29) is 0 Å². The van der Waals surface area contributed by atoms with Crippen LogP contribution in [-0.4, -0.2) is 9.55 Å². The van der Waals surface area contributed by atoms with Gasteiger partial charge in [-0.1, -0.05) is 85.0 Å². The van der Waals surface area contributed by atoms with Crippen molar-refractivity contribution < 1.29 is 0 Å². The number of benzene rings is 2. The molecule has 1 aliphatic carbocycles. The van der Waals surface area contributed by atoms with Crippen LogP contribution >= 0.6 is 0 Å². The SMILES string of the molecule is C=c1c(CC2=CC=CC2)nc2n1C=C(c1ccccc1C)NC=2Cc1ccccc1. The second kappa shape index (κ2) is 7.68. The van der Waals surface area contributed by atoms with E-state index >= 15 is 0 Å². The van der Waals surface area contributed by atoms with Crippen LogP contribution in [0.5, 0.6) is 0 Å². The Morgan fingerprint density at radius 2 is 1.83 bits per heavy atom. The number of aromatic nitrogens is 2. The Kier molecular flexibility index (Phi) is 4.72. The van der Waals surface area contributed by atoms with E-state index in [0.717, 1.165) is 47.2 Å². The molecule has 3 aromatic rings. The van der Waals surface area contributed by atoms with Crippen molar-refractivity contribution >= 4 is 24.2 Å². The zero-order valence-electron chi connectivity index (χ0n) is 17.2. The Labute approximate surface area is 177 Å². The molecule has 0 fully saturated rings. The van der Waals surface area contributed by atoms with Gasteiger partial charge in [-0.3, -0.25) is 4.57 Å². The second-order valence-electron chi connectivity index (χ2n) is 7.96. The number of hydrogen-bond donors (Lipinski definition) is 1. The summed E-state index contributed by atoms with van der Waals surface area (Å²) in [6.07, 6.45) is 11.3. The zero-order valence-corrected chi connectivity index (χ0v) is 17.2. The van der Waals surface area contributed by atoms with Gasteiger partial charge in [-0.05, 0) is 24.5 Å². The molecular formula is C27H25N3. The van der Waals surface area contributed by atoms with Crippen LogP contribution < -0.4 is 16.1 Å². The lowest BCUT2D eigenvalue weighted by Crippen LogP contribution is -2.35. The van der Waals surface area contributed by atoms with Crippen molar-refractivity contribution in [3.8, 4) is 0 Å². The molecule has 1 aromatic heterocycles. The summed E-state index contributed by atoms with van der Waals surface area (Å²) >= 11 is 0. The van der Waals surface area contributed by atoms with E-state index in [9.17, 15) is 0 Å². The van der Waals surface area contributed by atoms with Gasteiger partial charge in [0, 0.05) is 24.6 Å². The molecule has 2 aromatic carbocycles. The fraction of sp³-hybridized carbons (Fsp3) is 0.148. The van der Waals surface area contributed by atoms with E-state index in [0.29, 0.717) is 0 Å². The molecule has 0 bridgehead atoms. The minimum absolute atomic E-state index is 0.796. The molecule has 0 radical (unpaired) electrons. The first-order valence-corrected chi connectivity index (χ1v) is 10.4. The van der Waals surface area contributed by atoms with E-state index in [2.05, 4.69) is 102 Å². The zero-order chi connectivity index (χ0) is 20.5. The molecule has 0 saturated heterocycles. The predicted molar refractivity (Wildman–Crippen MR) is 125 cm³/mol. The molecular weight excluding hydrogens is 366 g/mol. The summed E-state index contributed by atoms with van der Waals surface area (Å²) in [5, 5.41) is 4.66. The quantitative estimate of drug-likeness (QED) is 0.714. The second-order valence-corrected chi connectivity index (χ2v) is 7.96. The molecule has 30 heavy (non-hydrogen) atoms. The highest BCUT2D eigenvalue weighted by Crippen LogP contribution is 2.21. The van der Waals surface area contributed by atoms with Crippen molar-refractivity contribution in [1.29, 1.82) is 0 Å². The Hall–Kier alpha value is -3.59. The van der Waals surface area contributed by atoms with Gasteiger partial charge in [0.05, 0.1) is 22.4 Å². The molecule has 0 saturated carbocycles. The Morgan fingerprint density at radius 1 is 1.03 bits per heavy atom. The highest BCUT2D eigenvalue weighted by molar-refractivity contribution is 5.82. The monoisotopic (exact) mass is 391 g/mol. The maximum atomic E-state index is 5.03. The van der Waals surface area contributed by atoms with Crippen molar-refractivity contribution in [2.24, 2.45) is 0 Å². The van der Waals surface area contributed by atoms with Gasteiger partial charge < -0.3 is 5.32 Å². The molecule has 0 unspecified atom stereocenters. The molecule has 1 aliphatic heterocycles. The Bertz CT molecular complexity index is 1300. The number of hydrogen-bond acceptors (Lipinski definition) is 2. The van der Waals surface area contributed by atoms with Gasteiger partial charge in [-0.2, -0.15) is 0 Å². The van der Waals surface area contributed by atoms with Crippen LogP contribution in [0.2, 0.25) is 0 Å². The van der Waals surface area contributed by atoms with Crippen molar-refractivity contribution in [2.45, 2.75) is 26.2 Å². The maximum Gasteiger partial charge on any atom is 0.157 e. The van der Waals surface area contributed by atoms with Gasteiger partial charge in [0.1, 0.15) is 0 Å². The standard InChI is InChI=1S/C27H25N3/c1-19-10-6-9-15-23(19)26-18-30-20(2)24(16-21-13-7-8-14-21)29-27(30)25(28-26)17-22-11-4-3-5-12-22/h3-13,15,18,28H,2,14,16-17H2,1H3. The van der Waals surface area contributed by atoms with Crippen LogP contribution in [0.3, 0.4) is 0 Å². The molecule has 1 N–H and O–H groups in total. The summed E-state index contributed by atoms with van der Waals surface area (Å²) in [4.78, 5) is 5.03. The van der Waals surface area contributed by atoms with Crippen LogP contribution in [0.25, 0.3) is 24.2 Å². The van der Waals surface area contributed by atoms with Crippen molar-refractivity contribution in [1.82, 2.24) is 14.9 Å². The minimum atomic E-state index is 0.796. The van der Waals surface area contributed by atoms with E-state index < -0.39 is 0 Å². The average Bonchev–Trinajstić information content (AvgIpc) is 3.38. The molecule has 0 atom stereocenters. The number of aryl methyl sites for hydroxylation is 1. The number of nitrogens with one attached hydrogen (secondary N) is 1. The number of allylic oxidation sites excluding steroid dienone is 4. The van der Waals surface area contributed by atoms with E-state index in [1.54, 1.807) is 0 Å². The van der Waals surface area contributed by atoms with Gasteiger partial charge in [0.2, 0.25) is 0 Å². The number of imidazole rings is 1. The lowest BCUT2D eigenvalue weighted by molar-refractivity contribution is 0.942. The fourth-order valence-electron chi connectivity index (χ4n) is 4.16. The summed E-state index contributed by atoms with van der Waals surface area (Å²) < 4.78 is 2.16. The van der Waals surface area contributed by atoms with Crippen LogP contribution in [0.4, 0.5) is 0 Å². The molecule has 2 aliphatic rings. The van der Waals surface area contributed by atoms with Crippen molar-refractivity contribution in [3.05, 3.63) is 112 Å². The molecule has 148 valence electrons. The third-order valence-electron chi connectivity index (χ3n) is 5.81. The normalized spacial score (nSPS) is 14.9. The van der Waals surface area contributed by atoms with E-state index in [1.807, 2.05) is 0 Å². The predicted octanol–water partition coefficient (Wildman–Crippen LogP) is 3.94. The van der Waals surface area contributed by atoms with Crippen LogP contribution in [0.15, 0.2) is 78.4 Å². The van der Waals surface area contributed by atoms with Gasteiger partial charge in [-0.15, -0.1) is 0 Å². The van der Waals surface area contributed by atoms with Crippen LogP contribution in [-0.2, 0) is 12.8 Å². The average molecular weight is 392 g/mol. The van der Waals surface area contributed by atoms with Crippen LogP contribution in [0.1, 0.15) is 28.8 Å². The molecule has 0 amide bonds. The third kappa shape index (κ3) is 3.43. The Balaban J connectivity index is 1.63. The summed E-state index contributed by atoms with van der Waals surface area (Å²) in [5.41, 5.74) is 9.29. The smallest absolute Gasteiger partial charge is 0.157 e. The minimum Gasteiger partial charge on any atom is -0.354 e. The van der Waals surface area contributed by atoms with Gasteiger partial charge >= 0.3 is 0 Å². The van der Waals surface area contributed by atoms with Crippen LogP contribution in [0, 0.1) is 6.92 Å². The van der Waals surface area contributed by atoms with Crippen molar-refractivity contribution in [2.75, 3.05) is 0 Å². The van der Waals surface area contributed by atoms with E-state index in [1.165, 1.54) is 22.3 Å². The van der Waals surface area contributed by atoms with Gasteiger partial charge in [0.15, 0.2) is 5.48 Å². The first kappa shape index (κ1) is 18.4. The first-order valence-electron chi connectivity index (χ1n) is 10.4. The fourth-order valence-corrected chi connectivity index (χ4v) is 4.16. The topological polar surface area (TPSA) is 29.9 Å². The first-order chi connectivity index (χ1) is 14.7. The summed E-state index contributed by atoms with van der Waals surface area (Å²) in [6.45, 7) is 6.54. The summed E-state index contributed by atoms with van der Waals surface area (Å²) in [6, 6.07) is 19.0. The Morgan fingerprint density at radius 3 is 2.60 bits per heavy atom. The molecule has 5 rings (SSSR count). The lowest BCUT2D eigenvalue weighted by atomic mass is 10.0. The maximum absolute atomic E-state index is 5.03. The van der Waals surface area contributed by atoms with Gasteiger partial charge in [-0.25, -0.2) is 4.98 Å². The summed E-state index contributed by atoms with van der Waals surface area (Å²) in [5.74, 6) is 0. The number of rotatable bonds is 5. The van der Waals surface area contributed by atoms with E-state index in [4.69, 9.17) is 4.98 Å². The molecule has 3 heteroatoms.